The summed E-state index contributed by atoms with van der Waals surface area (Å²) in [4.78, 5) is 24.5. The Bertz CT molecular complexity index is 650. The van der Waals surface area contributed by atoms with Crippen LogP contribution in [-0.2, 0) is 4.79 Å². The Labute approximate surface area is 104 Å². The zero-order valence-corrected chi connectivity index (χ0v) is 9.81. The van der Waals surface area contributed by atoms with Gasteiger partial charge in [0.1, 0.15) is 17.7 Å². The molecule has 5 heteroatoms. The number of amides is 1. The van der Waals surface area contributed by atoms with Gasteiger partial charge in [-0.15, -0.1) is 0 Å². The van der Waals surface area contributed by atoms with Crippen LogP contribution >= 0.6 is 0 Å². The summed E-state index contributed by atoms with van der Waals surface area (Å²) >= 11 is 0. The number of likely N-dealkylation sites (tertiary alicyclic amines) is 1. The van der Waals surface area contributed by atoms with E-state index in [1.54, 1.807) is 4.90 Å². The van der Waals surface area contributed by atoms with Gasteiger partial charge in [0, 0.05) is 19.2 Å². The van der Waals surface area contributed by atoms with Crippen LogP contribution in [0.15, 0.2) is 18.6 Å². The summed E-state index contributed by atoms with van der Waals surface area (Å²) in [7, 11) is 0. The van der Waals surface area contributed by atoms with Crippen LogP contribution in [0.2, 0.25) is 0 Å². The maximum absolute atomic E-state index is 11.4. The zero-order valence-electron chi connectivity index (χ0n) is 9.81. The first-order chi connectivity index (χ1) is 8.84. The predicted molar refractivity (Wildman–Crippen MR) is 66.6 cm³/mol. The van der Waals surface area contributed by atoms with Crippen molar-refractivity contribution in [1.29, 1.82) is 0 Å². The van der Waals surface area contributed by atoms with Crippen molar-refractivity contribution >= 4 is 16.9 Å². The van der Waals surface area contributed by atoms with E-state index in [1.165, 1.54) is 6.33 Å². The largest absolute Gasteiger partial charge is 0.346 e. The number of aromatic amines is 1. The monoisotopic (exact) mass is 240 g/mol. The van der Waals surface area contributed by atoms with Crippen molar-refractivity contribution < 1.29 is 4.79 Å². The Balaban J connectivity index is 1.80. The van der Waals surface area contributed by atoms with Crippen LogP contribution in [-0.4, -0.2) is 38.8 Å². The van der Waals surface area contributed by atoms with Gasteiger partial charge in [-0.3, -0.25) is 4.79 Å². The lowest BCUT2D eigenvalue weighted by Crippen LogP contribution is -2.24. The van der Waals surface area contributed by atoms with Gasteiger partial charge in [0.15, 0.2) is 0 Å². The molecule has 0 saturated carbocycles. The summed E-state index contributed by atoms with van der Waals surface area (Å²) in [6.07, 6.45) is 4.89. The fourth-order valence-electron chi connectivity index (χ4n) is 2.06. The normalized spacial score (nSPS) is 14.9. The summed E-state index contributed by atoms with van der Waals surface area (Å²) in [5.41, 5.74) is 1.49. The Morgan fingerprint density at radius 3 is 3.22 bits per heavy atom. The van der Waals surface area contributed by atoms with Crippen molar-refractivity contribution in [2.24, 2.45) is 0 Å². The molecule has 0 aromatic carbocycles. The third kappa shape index (κ3) is 1.93. The summed E-state index contributed by atoms with van der Waals surface area (Å²) < 4.78 is 0. The second kappa shape index (κ2) is 4.49. The smallest absolute Gasteiger partial charge is 0.223 e. The number of carbonyl (C=O) groups excluding carboxylic acids is 1. The molecule has 1 aliphatic heterocycles. The third-order valence-corrected chi connectivity index (χ3v) is 3.00. The number of hydrogen-bond acceptors (Lipinski definition) is 3. The highest BCUT2D eigenvalue weighted by molar-refractivity contribution is 5.81. The van der Waals surface area contributed by atoms with E-state index in [9.17, 15) is 4.79 Å². The highest BCUT2D eigenvalue weighted by Crippen LogP contribution is 2.11. The number of hydrogen-bond donors (Lipinski definition) is 1. The van der Waals surface area contributed by atoms with Crippen molar-refractivity contribution in [3.63, 3.8) is 0 Å². The third-order valence-electron chi connectivity index (χ3n) is 3.00. The molecular weight excluding hydrogens is 228 g/mol. The van der Waals surface area contributed by atoms with Crippen LogP contribution in [0.1, 0.15) is 18.5 Å². The highest BCUT2D eigenvalue weighted by atomic mass is 16.2. The molecule has 18 heavy (non-hydrogen) atoms. The molecule has 0 radical (unpaired) electrons. The number of nitrogens with one attached hydrogen (secondary N) is 1. The van der Waals surface area contributed by atoms with Gasteiger partial charge >= 0.3 is 0 Å². The van der Waals surface area contributed by atoms with Crippen molar-refractivity contribution in [3.05, 3.63) is 24.3 Å². The number of fused-ring (bicyclic) bond motifs is 1. The van der Waals surface area contributed by atoms with E-state index in [1.807, 2.05) is 12.3 Å². The van der Waals surface area contributed by atoms with E-state index in [2.05, 4.69) is 26.8 Å². The summed E-state index contributed by atoms with van der Waals surface area (Å²) in [5.74, 6) is 6.21. The molecule has 3 rings (SSSR count). The lowest BCUT2D eigenvalue weighted by Gasteiger charge is -2.09. The molecule has 1 N–H and O–H groups in total. The minimum atomic E-state index is 0.193. The van der Waals surface area contributed by atoms with E-state index < -0.39 is 0 Å². The van der Waals surface area contributed by atoms with Crippen LogP contribution in [0.4, 0.5) is 0 Å². The number of rotatable bonds is 1. The van der Waals surface area contributed by atoms with Crippen molar-refractivity contribution in [2.45, 2.75) is 12.8 Å². The molecule has 0 spiro atoms. The average Bonchev–Trinajstić information content (AvgIpc) is 2.99. The Hall–Kier alpha value is -2.35. The second-order valence-electron chi connectivity index (χ2n) is 4.18. The first kappa shape index (κ1) is 10.8. The first-order valence-corrected chi connectivity index (χ1v) is 5.89. The number of carbonyl (C=O) groups is 1. The SMILES string of the molecule is O=C1CCCN1CC#Cc1ncnc2[nH]ccc12. The van der Waals surface area contributed by atoms with E-state index in [4.69, 9.17) is 0 Å². The molecule has 1 saturated heterocycles. The fraction of sp³-hybridized carbons (Fsp3) is 0.308. The molecular formula is C13H12N4O. The molecule has 0 bridgehead atoms. The van der Waals surface area contributed by atoms with Gasteiger partial charge in [-0.25, -0.2) is 9.97 Å². The maximum Gasteiger partial charge on any atom is 0.223 e. The van der Waals surface area contributed by atoms with Crippen LogP contribution in [0.25, 0.3) is 11.0 Å². The van der Waals surface area contributed by atoms with Gasteiger partial charge in [-0.2, -0.15) is 0 Å². The van der Waals surface area contributed by atoms with E-state index in [-0.39, 0.29) is 5.91 Å². The quantitative estimate of drug-likeness (QED) is 0.754. The molecule has 5 nitrogen and oxygen atoms in total. The van der Waals surface area contributed by atoms with E-state index >= 15 is 0 Å². The summed E-state index contributed by atoms with van der Waals surface area (Å²) in [6.45, 7) is 1.30. The number of aromatic nitrogens is 3. The molecule has 2 aromatic rings. The minimum absolute atomic E-state index is 0.193. The molecule has 0 unspecified atom stereocenters. The lowest BCUT2D eigenvalue weighted by atomic mass is 10.3. The Morgan fingerprint density at radius 2 is 2.39 bits per heavy atom. The summed E-state index contributed by atoms with van der Waals surface area (Å²) in [6, 6.07) is 1.90. The van der Waals surface area contributed by atoms with E-state index in [0.29, 0.717) is 18.7 Å². The molecule has 90 valence electrons. The predicted octanol–water partition coefficient (Wildman–Crippen LogP) is 0.932. The van der Waals surface area contributed by atoms with Gasteiger partial charge < -0.3 is 9.88 Å². The van der Waals surface area contributed by atoms with Crippen LogP contribution in [0.3, 0.4) is 0 Å². The number of H-pyrrole nitrogens is 1. The standard InChI is InChI=1S/C13H12N4O/c18-12-4-2-8-17(12)7-1-3-11-10-5-6-14-13(10)16-9-15-11/h5-6,9H,2,4,7-8H2,(H,14,15,16). The van der Waals surface area contributed by atoms with Crippen LogP contribution < -0.4 is 0 Å². The van der Waals surface area contributed by atoms with Gasteiger partial charge in [-0.05, 0) is 18.4 Å². The number of nitrogens with zero attached hydrogens (tertiary/aromatic N) is 3. The topological polar surface area (TPSA) is 61.9 Å². The average molecular weight is 240 g/mol. The van der Waals surface area contributed by atoms with E-state index in [0.717, 1.165) is 24.0 Å². The van der Waals surface area contributed by atoms with Crippen molar-refractivity contribution in [2.75, 3.05) is 13.1 Å². The van der Waals surface area contributed by atoms with Crippen molar-refractivity contribution in [3.8, 4) is 11.8 Å². The van der Waals surface area contributed by atoms with Gasteiger partial charge in [0.25, 0.3) is 0 Å². The fourth-order valence-corrected chi connectivity index (χ4v) is 2.06. The Morgan fingerprint density at radius 1 is 1.44 bits per heavy atom. The molecule has 1 aliphatic rings. The zero-order chi connectivity index (χ0) is 12.4. The van der Waals surface area contributed by atoms with Gasteiger partial charge in [0.2, 0.25) is 5.91 Å². The molecule has 0 aliphatic carbocycles. The Kier molecular flexibility index (Phi) is 2.69. The molecule has 1 amide bonds. The minimum Gasteiger partial charge on any atom is -0.346 e. The van der Waals surface area contributed by atoms with Crippen molar-refractivity contribution in [1.82, 2.24) is 19.9 Å². The maximum atomic E-state index is 11.4. The first-order valence-electron chi connectivity index (χ1n) is 5.89. The molecule has 1 fully saturated rings. The summed E-state index contributed by atoms with van der Waals surface area (Å²) in [5, 5.41) is 0.915. The van der Waals surface area contributed by atoms with Crippen LogP contribution in [0.5, 0.6) is 0 Å². The van der Waals surface area contributed by atoms with Gasteiger partial charge in [0.05, 0.1) is 11.9 Å². The second-order valence-corrected chi connectivity index (χ2v) is 4.18. The highest BCUT2D eigenvalue weighted by Gasteiger charge is 2.18. The molecule has 2 aromatic heterocycles. The van der Waals surface area contributed by atoms with Crippen LogP contribution in [0, 0.1) is 11.8 Å². The lowest BCUT2D eigenvalue weighted by molar-refractivity contribution is -0.127. The molecule has 0 atom stereocenters. The van der Waals surface area contributed by atoms with Gasteiger partial charge in [-0.1, -0.05) is 5.92 Å². The molecule has 3 heterocycles.